The summed E-state index contributed by atoms with van der Waals surface area (Å²) in [5, 5.41) is 13.3. The lowest BCUT2D eigenvalue weighted by atomic mass is 9.74. The predicted octanol–water partition coefficient (Wildman–Crippen LogP) is 4.44. The van der Waals surface area contributed by atoms with E-state index in [0.717, 1.165) is 11.3 Å². The first-order valence-electron chi connectivity index (χ1n) is 8.87. The third kappa shape index (κ3) is 2.19. The van der Waals surface area contributed by atoms with Crippen LogP contribution in [0.3, 0.4) is 0 Å². The van der Waals surface area contributed by atoms with E-state index in [1.165, 1.54) is 16.3 Å². The van der Waals surface area contributed by atoms with Crippen molar-refractivity contribution in [2.45, 2.75) is 25.6 Å². The second-order valence-corrected chi connectivity index (χ2v) is 7.23. The van der Waals surface area contributed by atoms with Crippen LogP contribution in [-0.2, 0) is 0 Å². The van der Waals surface area contributed by atoms with Crippen molar-refractivity contribution in [2.75, 3.05) is 6.79 Å². The van der Waals surface area contributed by atoms with Crippen molar-refractivity contribution < 1.29 is 19.3 Å². The van der Waals surface area contributed by atoms with Gasteiger partial charge in [0.15, 0.2) is 11.5 Å². The Morgan fingerprint density at radius 3 is 2.50 bits per heavy atom. The minimum Gasteiger partial charge on any atom is -0.462 e. The summed E-state index contributed by atoms with van der Waals surface area (Å²) < 4.78 is 17.0. The van der Waals surface area contributed by atoms with Gasteiger partial charge in [0.2, 0.25) is 12.6 Å². The van der Waals surface area contributed by atoms with E-state index in [4.69, 9.17) is 14.2 Å². The number of fused-ring (bicyclic) bond motifs is 3. The Morgan fingerprint density at radius 2 is 1.65 bits per heavy atom. The summed E-state index contributed by atoms with van der Waals surface area (Å²) in [6.07, 6.45) is 0. The topological polar surface area (TPSA) is 47.9 Å². The smallest absolute Gasteiger partial charge is 0.231 e. The van der Waals surface area contributed by atoms with E-state index in [-0.39, 0.29) is 18.6 Å². The molecule has 3 aromatic carbocycles. The van der Waals surface area contributed by atoms with Crippen LogP contribution in [0.4, 0.5) is 0 Å². The molecule has 0 aliphatic carbocycles. The van der Waals surface area contributed by atoms with E-state index in [0.29, 0.717) is 11.5 Å². The monoisotopic (exact) mass is 348 g/mol. The molecule has 0 fully saturated rings. The van der Waals surface area contributed by atoms with Gasteiger partial charge in [-0.05, 0) is 22.4 Å². The molecular formula is C22H20O4. The van der Waals surface area contributed by atoms with Crippen molar-refractivity contribution in [1.29, 1.82) is 0 Å². The Bertz CT molecular complexity index is 1000. The Kier molecular flexibility index (Phi) is 3.22. The van der Waals surface area contributed by atoms with Crippen molar-refractivity contribution in [2.24, 2.45) is 5.92 Å². The third-order valence-corrected chi connectivity index (χ3v) is 5.66. The van der Waals surface area contributed by atoms with E-state index in [9.17, 15) is 5.11 Å². The van der Waals surface area contributed by atoms with Crippen LogP contribution in [-0.4, -0.2) is 17.7 Å². The highest BCUT2D eigenvalue weighted by Crippen LogP contribution is 2.52. The molecule has 3 atom stereocenters. The highest BCUT2D eigenvalue weighted by atomic mass is 16.7. The molecule has 0 aromatic heterocycles. The molecule has 0 spiro atoms. The van der Waals surface area contributed by atoms with Gasteiger partial charge in [-0.2, -0.15) is 0 Å². The average Bonchev–Trinajstić information content (AvgIpc) is 3.08. The van der Waals surface area contributed by atoms with Crippen molar-refractivity contribution in [1.82, 2.24) is 0 Å². The van der Waals surface area contributed by atoms with Crippen LogP contribution in [0.2, 0.25) is 0 Å². The van der Waals surface area contributed by atoms with Crippen LogP contribution >= 0.6 is 0 Å². The minimum atomic E-state index is -1.28. The summed E-state index contributed by atoms with van der Waals surface area (Å²) in [5.74, 6) is 0.602. The Labute approximate surface area is 151 Å². The molecule has 4 heteroatoms. The lowest BCUT2D eigenvalue weighted by Gasteiger charge is -2.42. The van der Waals surface area contributed by atoms with Gasteiger partial charge in [-0.3, -0.25) is 0 Å². The molecule has 132 valence electrons. The molecule has 1 N–H and O–H groups in total. The van der Waals surface area contributed by atoms with Crippen LogP contribution in [0.15, 0.2) is 54.6 Å². The Balaban J connectivity index is 1.78. The first-order chi connectivity index (χ1) is 12.5. The normalized spacial score (nSPS) is 26.4. The fourth-order valence-electron chi connectivity index (χ4n) is 4.12. The van der Waals surface area contributed by atoms with Crippen molar-refractivity contribution in [3.8, 4) is 17.2 Å². The first-order valence-corrected chi connectivity index (χ1v) is 8.87. The van der Waals surface area contributed by atoms with Gasteiger partial charge in [0.1, 0.15) is 5.75 Å². The Hall–Kier alpha value is -2.72. The number of aliphatic hydroxyl groups is 1. The van der Waals surface area contributed by atoms with Gasteiger partial charge in [-0.1, -0.05) is 49.4 Å². The fourth-order valence-corrected chi connectivity index (χ4v) is 4.12. The van der Waals surface area contributed by atoms with E-state index in [1.54, 1.807) is 6.92 Å². The van der Waals surface area contributed by atoms with E-state index >= 15 is 0 Å². The summed E-state index contributed by atoms with van der Waals surface area (Å²) in [7, 11) is 0. The molecule has 26 heavy (non-hydrogen) atoms. The van der Waals surface area contributed by atoms with Gasteiger partial charge >= 0.3 is 0 Å². The van der Waals surface area contributed by atoms with Crippen molar-refractivity contribution >= 4 is 10.8 Å². The first kappa shape index (κ1) is 15.5. The lowest BCUT2D eigenvalue weighted by molar-refractivity contribution is -0.171. The highest BCUT2D eigenvalue weighted by molar-refractivity contribution is 5.87. The molecule has 4 nitrogen and oxygen atoms in total. The number of benzene rings is 3. The SMILES string of the molecule is C[C@H]1[C@@H](c2cccc3ccccc23)c2cc3c(cc2O[C@@]1(C)O)OCO3. The van der Waals surface area contributed by atoms with Crippen LogP contribution in [0.1, 0.15) is 30.9 Å². The van der Waals surface area contributed by atoms with Crippen molar-refractivity contribution in [3.05, 3.63) is 65.7 Å². The molecule has 0 bridgehead atoms. The molecule has 0 radical (unpaired) electrons. The van der Waals surface area contributed by atoms with Crippen molar-refractivity contribution in [3.63, 3.8) is 0 Å². The van der Waals surface area contributed by atoms with Gasteiger partial charge < -0.3 is 19.3 Å². The molecule has 3 aromatic rings. The summed E-state index contributed by atoms with van der Waals surface area (Å²) in [4.78, 5) is 0. The quantitative estimate of drug-likeness (QED) is 0.706. The van der Waals surface area contributed by atoms with E-state index < -0.39 is 5.79 Å². The largest absolute Gasteiger partial charge is 0.462 e. The zero-order valence-electron chi connectivity index (χ0n) is 14.7. The maximum atomic E-state index is 10.9. The van der Waals surface area contributed by atoms with E-state index in [2.05, 4.69) is 36.4 Å². The standard InChI is InChI=1S/C22H20O4/c1-13-21(16-9-5-7-14-6-3-4-8-15(14)16)17-10-19-20(25-12-24-19)11-18(17)26-22(13,2)23/h3-11,13,21,23H,12H2,1-2H3/t13-,21-,22+/m0/s1. The van der Waals surface area contributed by atoms with Crippen LogP contribution < -0.4 is 14.2 Å². The summed E-state index contributed by atoms with van der Waals surface area (Å²) in [5.41, 5.74) is 2.20. The number of ether oxygens (including phenoxy) is 3. The maximum Gasteiger partial charge on any atom is 0.231 e. The van der Waals surface area contributed by atoms with Gasteiger partial charge in [0, 0.05) is 30.4 Å². The molecule has 2 aliphatic heterocycles. The molecule has 2 heterocycles. The average molecular weight is 348 g/mol. The predicted molar refractivity (Wildman–Crippen MR) is 98.8 cm³/mol. The van der Waals surface area contributed by atoms with Gasteiger partial charge in [0.05, 0.1) is 0 Å². The molecular weight excluding hydrogens is 328 g/mol. The molecule has 2 aliphatic rings. The number of hydrogen-bond donors (Lipinski definition) is 1. The molecule has 0 saturated heterocycles. The molecule has 0 unspecified atom stereocenters. The molecule has 0 amide bonds. The fraction of sp³-hybridized carbons (Fsp3) is 0.273. The maximum absolute atomic E-state index is 10.9. The van der Waals surface area contributed by atoms with Gasteiger partial charge in [-0.15, -0.1) is 0 Å². The van der Waals surface area contributed by atoms with E-state index in [1.807, 2.05) is 25.1 Å². The second-order valence-electron chi connectivity index (χ2n) is 7.23. The van der Waals surface area contributed by atoms with Crippen LogP contribution in [0, 0.1) is 5.92 Å². The minimum absolute atomic E-state index is 0.0191. The highest BCUT2D eigenvalue weighted by Gasteiger charge is 2.45. The zero-order chi connectivity index (χ0) is 17.9. The van der Waals surface area contributed by atoms with Crippen LogP contribution in [0.5, 0.6) is 17.2 Å². The molecule has 0 saturated carbocycles. The number of hydrogen-bond acceptors (Lipinski definition) is 4. The zero-order valence-corrected chi connectivity index (χ0v) is 14.7. The van der Waals surface area contributed by atoms with Gasteiger partial charge in [0.25, 0.3) is 0 Å². The lowest BCUT2D eigenvalue weighted by Crippen LogP contribution is -2.45. The van der Waals surface area contributed by atoms with Crippen LogP contribution in [0.25, 0.3) is 10.8 Å². The summed E-state index contributed by atoms with van der Waals surface area (Å²) in [6.45, 7) is 3.96. The van der Waals surface area contributed by atoms with Gasteiger partial charge in [-0.25, -0.2) is 0 Å². The Morgan fingerprint density at radius 1 is 0.923 bits per heavy atom. The number of rotatable bonds is 1. The summed E-state index contributed by atoms with van der Waals surface area (Å²) >= 11 is 0. The second kappa shape index (κ2) is 5.39. The summed E-state index contributed by atoms with van der Waals surface area (Å²) in [6, 6.07) is 18.5. The molecule has 5 rings (SSSR count). The third-order valence-electron chi connectivity index (χ3n) is 5.66.